The van der Waals surface area contributed by atoms with Gasteiger partial charge in [-0.15, -0.1) is 0 Å². The second-order valence-electron chi connectivity index (χ2n) is 4.67. The van der Waals surface area contributed by atoms with E-state index in [1.807, 2.05) is 0 Å². The van der Waals surface area contributed by atoms with Crippen LogP contribution in [0.3, 0.4) is 0 Å². The zero-order chi connectivity index (χ0) is 12.0. The zero-order valence-corrected chi connectivity index (χ0v) is 10.8. The second-order valence-corrected chi connectivity index (χ2v) is 5.46. The van der Waals surface area contributed by atoms with E-state index in [9.17, 15) is 9.59 Å². The number of hydrogen-bond acceptors (Lipinski definition) is 3. The van der Waals surface area contributed by atoms with E-state index >= 15 is 0 Å². The fourth-order valence-electron chi connectivity index (χ4n) is 2.85. The number of ether oxygens (including phenoxy) is 1. The van der Waals surface area contributed by atoms with Gasteiger partial charge in [0.25, 0.3) is 5.56 Å². The van der Waals surface area contributed by atoms with Crippen LogP contribution in [0.25, 0.3) is 0 Å². The summed E-state index contributed by atoms with van der Waals surface area (Å²) in [7, 11) is 0. The Labute approximate surface area is 106 Å². The predicted octanol–water partition coefficient (Wildman–Crippen LogP) is 1.42. The quantitative estimate of drug-likeness (QED) is 0.788. The van der Waals surface area contributed by atoms with Crippen molar-refractivity contribution >= 4 is 15.9 Å². The largest absolute Gasteiger partial charge is 0.477 e. The van der Waals surface area contributed by atoms with Gasteiger partial charge in [-0.1, -0.05) is 12.8 Å². The molecule has 2 aliphatic rings. The highest BCUT2D eigenvalue weighted by Crippen LogP contribution is 2.39. The van der Waals surface area contributed by atoms with Gasteiger partial charge in [-0.2, -0.15) is 0 Å². The van der Waals surface area contributed by atoms with E-state index in [4.69, 9.17) is 4.74 Å². The van der Waals surface area contributed by atoms with Crippen LogP contribution in [0, 0.1) is 5.92 Å². The predicted molar refractivity (Wildman–Crippen MR) is 65.5 cm³/mol. The highest BCUT2D eigenvalue weighted by atomic mass is 79.9. The molecule has 0 unspecified atom stereocenters. The van der Waals surface area contributed by atoms with Gasteiger partial charge in [0, 0.05) is 12.0 Å². The molecule has 5 nitrogen and oxygen atoms in total. The lowest BCUT2D eigenvalue weighted by molar-refractivity contribution is 0.0912. The lowest BCUT2D eigenvalue weighted by atomic mass is 9.84. The standard InChI is InChI=1S/C11H13BrN2O3/c12-8-9(15)13-11(16)14-7-4-2-1-3-6(7)5-17-10(8)14/h6-7H,1-5H2,(H,13,15,16)/t6-,7-/m0/s1. The van der Waals surface area contributed by atoms with Crippen LogP contribution < -0.4 is 16.0 Å². The van der Waals surface area contributed by atoms with E-state index in [1.54, 1.807) is 4.57 Å². The van der Waals surface area contributed by atoms with Crippen molar-refractivity contribution < 1.29 is 4.74 Å². The fourth-order valence-corrected chi connectivity index (χ4v) is 3.25. The van der Waals surface area contributed by atoms with Crippen LogP contribution in [0.1, 0.15) is 31.7 Å². The Kier molecular flexibility index (Phi) is 2.61. The molecule has 92 valence electrons. The van der Waals surface area contributed by atoms with Crippen molar-refractivity contribution in [3.8, 4) is 5.88 Å². The van der Waals surface area contributed by atoms with E-state index in [1.165, 1.54) is 6.42 Å². The molecular weight excluding hydrogens is 288 g/mol. The van der Waals surface area contributed by atoms with Gasteiger partial charge >= 0.3 is 5.69 Å². The van der Waals surface area contributed by atoms with E-state index in [2.05, 4.69) is 20.9 Å². The average Bonchev–Trinajstić information content (AvgIpc) is 2.35. The molecule has 6 heteroatoms. The van der Waals surface area contributed by atoms with Crippen molar-refractivity contribution in [1.82, 2.24) is 9.55 Å². The number of aromatic nitrogens is 2. The van der Waals surface area contributed by atoms with Gasteiger partial charge < -0.3 is 4.74 Å². The van der Waals surface area contributed by atoms with Crippen molar-refractivity contribution in [3.63, 3.8) is 0 Å². The van der Waals surface area contributed by atoms with Gasteiger partial charge in [0.15, 0.2) is 0 Å². The van der Waals surface area contributed by atoms with Crippen LogP contribution in [-0.2, 0) is 0 Å². The number of aromatic amines is 1. The molecular formula is C11H13BrN2O3. The molecule has 0 aromatic carbocycles. The summed E-state index contributed by atoms with van der Waals surface area (Å²) < 4.78 is 7.51. The molecule has 3 rings (SSSR count). The summed E-state index contributed by atoms with van der Waals surface area (Å²) in [5.74, 6) is 0.786. The zero-order valence-electron chi connectivity index (χ0n) is 9.24. The Morgan fingerprint density at radius 3 is 2.88 bits per heavy atom. The van der Waals surface area contributed by atoms with Gasteiger partial charge in [0.1, 0.15) is 4.47 Å². The molecule has 1 aliphatic heterocycles. The molecule has 1 fully saturated rings. The number of nitrogens with one attached hydrogen (secondary N) is 1. The van der Waals surface area contributed by atoms with E-state index in [0.717, 1.165) is 19.3 Å². The van der Waals surface area contributed by atoms with Crippen molar-refractivity contribution in [2.75, 3.05) is 6.61 Å². The molecule has 17 heavy (non-hydrogen) atoms. The minimum atomic E-state index is -0.421. The third kappa shape index (κ3) is 1.66. The van der Waals surface area contributed by atoms with Crippen LogP contribution in [-0.4, -0.2) is 16.2 Å². The number of fused-ring (bicyclic) bond motifs is 3. The normalized spacial score (nSPS) is 26.9. The van der Waals surface area contributed by atoms with Crippen LogP contribution >= 0.6 is 15.9 Å². The van der Waals surface area contributed by atoms with Gasteiger partial charge in [-0.25, -0.2) is 4.79 Å². The summed E-state index contributed by atoms with van der Waals surface area (Å²) in [6.07, 6.45) is 4.40. The summed E-state index contributed by atoms with van der Waals surface area (Å²) >= 11 is 3.19. The molecule has 0 saturated heterocycles. The monoisotopic (exact) mass is 300 g/mol. The Hall–Kier alpha value is -1.04. The minimum absolute atomic E-state index is 0.174. The summed E-state index contributed by atoms with van der Waals surface area (Å²) in [4.78, 5) is 25.7. The first kappa shape index (κ1) is 11.1. The van der Waals surface area contributed by atoms with Gasteiger partial charge in [0.2, 0.25) is 5.88 Å². The molecule has 0 amide bonds. The number of hydrogen-bond donors (Lipinski definition) is 1. The second kappa shape index (κ2) is 4.01. The molecule has 2 atom stereocenters. The topological polar surface area (TPSA) is 64.1 Å². The lowest BCUT2D eigenvalue weighted by Gasteiger charge is -2.37. The van der Waals surface area contributed by atoms with E-state index in [0.29, 0.717) is 22.9 Å². The molecule has 2 heterocycles. The molecule has 1 aromatic heterocycles. The highest BCUT2D eigenvalue weighted by Gasteiger charge is 2.35. The number of nitrogens with zero attached hydrogens (tertiary/aromatic N) is 1. The lowest BCUT2D eigenvalue weighted by Crippen LogP contribution is -2.43. The third-order valence-corrected chi connectivity index (χ3v) is 4.38. The van der Waals surface area contributed by atoms with Gasteiger partial charge in [-0.05, 0) is 28.8 Å². The molecule has 1 N–H and O–H groups in total. The fraction of sp³-hybridized carbons (Fsp3) is 0.636. The smallest absolute Gasteiger partial charge is 0.331 e. The third-order valence-electron chi connectivity index (χ3n) is 3.68. The summed E-state index contributed by atoms with van der Waals surface area (Å²) in [5.41, 5.74) is -0.777. The van der Waals surface area contributed by atoms with Crippen molar-refractivity contribution in [2.24, 2.45) is 5.92 Å². The van der Waals surface area contributed by atoms with Crippen molar-refractivity contribution in [3.05, 3.63) is 25.3 Å². The van der Waals surface area contributed by atoms with E-state index < -0.39 is 5.56 Å². The molecule has 0 bridgehead atoms. The number of H-pyrrole nitrogens is 1. The molecule has 1 aromatic rings. The maximum absolute atomic E-state index is 11.9. The Bertz CT molecular complexity index is 563. The molecule has 0 spiro atoms. The first-order valence-corrected chi connectivity index (χ1v) is 6.65. The van der Waals surface area contributed by atoms with Crippen LogP contribution in [0.5, 0.6) is 5.88 Å². The minimum Gasteiger partial charge on any atom is -0.477 e. The van der Waals surface area contributed by atoms with Gasteiger partial charge in [0.05, 0.1) is 6.61 Å². The van der Waals surface area contributed by atoms with Crippen LogP contribution in [0.15, 0.2) is 14.1 Å². The van der Waals surface area contributed by atoms with Crippen molar-refractivity contribution in [2.45, 2.75) is 31.7 Å². The summed E-state index contributed by atoms with van der Waals surface area (Å²) in [6.45, 7) is 0.603. The molecule has 1 aliphatic carbocycles. The molecule has 1 saturated carbocycles. The Balaban J connectivity index is 2.20. The van der Waals surface area contributed by atoms with Crippen molar-refractivity contribution in [1.29, 1.82) is 0 Å². The molecule has 0 radical (unpaired) electrons. The Morgan fingerprint density at radius 2 is 2.06 bits per heavy atom. The average molecular weight is 301 g/mol. The maximum Gasteiger partial charge on any atom is 0.331 e. The van der Waals surface area contributed by atoms with E-state index in [-0.39, 0.29) is 11.7 Å². The van der Waals surface area contributed by atoms with Crippen LogP contribution in [0.2, 0.25) is 0 Å². The summed E-state index contributed by atoms with van der Waals surface area (Å²) in [6, 6.07) is 0.174. The van der Waals surface area contributed by atoms with Crippen LogP contribution in [0.4, 0.5) is 0 Å². The highest BCUT2D eigenvalue weighted by molar-refractivity contribution is 9.10. The summed E-state index contributed by atoms with van der Waals surface area (Å²) in [5, 5.41) is 0. The van der Waals surface area contributed by atoms with Gasteiger partial charge in [-0.3, -0.25) is 14.3 Å². The first-order chi connectivity index (χ1) is 8.18. The number of halogens is 1. The first-order valence-electron chi connectivity index (χ1n) is 5.85. The maximum atomic E-state index is 11.9. The Morgan fingerprint density at radius 1 is 1.29 bits per heavy atom. The SMILES string of the molecule is O=c1[nH]c(=O)n2c(c1Br)OC[C@@H]1CCCC[C@@H]12. The number of rotatable bonds is 0.